The van der Waals surface area contributed by atoms with Crippen molar-refractivity contribution in [2.24, 2.45) is 5.73 Å². The number of aryl methyl sites for hydroxylation is 1. The first-order chi connectivity index (χ1) is 15.6. The van der Waals surface area contributed by atoms with Gasteiger partial charge in [0.05, 0.1) is 11.7 Å². The molecule has 0 aliphatic carbocycles. The van der Waals surface area contributed by atoms with E-state index in [1.807, 2.05) is 27.7 Å². The second-order valence-electron chi connectivity index (χ2n) is 9.06. The van der Waals surface area contributed by atoms with Gasteiger partial charge in [-0.3, -0.25) is 4.79 Å². The van der Waals surface area contributed by atoms with Crippen molar-refractivity contribution in [3.63, 3.8) is 0 Å². The van der Waals surface area contributed by atoms with Gasteiger partial charge in [0.25, 0.3) is 11.8 Å². The summed E-state index contributed by atoms with van der Waals surface area (Å²) in [4.78, 5) is 30.0. The summed E-state index contributed by atoms with van der Waals surface area (Å²) in [7, 11) is 0. The van der Waals surface area contributed by atoms with Crippen LogP contribution >= 0.6 is 0 Å². The molecule has 2 N–H and O–H groups in total. The molecule has 1 aliphatic heterocycles. The zero-order valence-electron chi connectivity index (χ0n) is 19.5. The molecule has 2 heterocycles. The Morgan fingerprint density at radius 3 is 2.58 bits per heavy atom. The first kappa shape index (κ1) is 24.6. The molecule has 1 aromatic heterocycles. The lowest BCUT2D eigenvalue weighted by atomic mass is 9.99. The lowest BCUT2D eigenvalue weighted by Gasteiger charge is -2.33. The molecule has 0 saturated carbocycles. The van der Waals surface area contributed by atoms with Crippen molar-refractivity contribution >= 4 is 12.0 Å². The summed E-state index contributed by atoms with van der Waals surface area (Å²) in [5.41, 5.74) is 5.24. The van der Waals surface area contributed by atoms with Crippen molar-refractivity contribution in [1.29, 1.82) is 0 Å². The number of benzene rings is 1. The van der Waals surface area contributed by atoms with E-state index in [0.717, 1.165) is 6.42 Å². The fraction of sp³-hybridized carbons (Fsp3) is 0.565. The lowest BCUT2D eigenvalue weighted by molar-refractivity contribution is -0.0231. The van der Waals surface area contributed by atoms with Crippen molar-refractivity contribution in [3.8, 4) is 11.4 Å². The molecule has 1 saturated heterocycles. The number of likely N-dealkylation sites (tertiary alicyclic amines) is 1. The number of hydrogen-bond acceptors (Lipinski definition) is 7. The quantitative estimate of drug-likeness (QED) is 0.663. The van der Waals surface area contributed by atoms with Crippen LogP contribution in [0.5, 0.6) is 0 Å². The predicted octanol–water partition coefficient (Wildman–Crippen LogP) is 3.84. The summed E-state index contributed by atoms with van der Waals surface area (Å²) in [6.07, 6.45) is 2.11. The molecule has 0 radical (unpaired) electrons. The van der Waals surface area contributed by atoms with Gasteiger partial charge < -0.3 is 24.6 Å². The molecule has 2 aromatic rings. The van der Waals surface area contributed by atoms with Gasteiger partial charge in [-0.1, -0.05) is 24.6 Å². The van der Waals surface area contributed by atoms with Crippen LogP contribution in [-0.4, -0.2) is 51.8 Å². The molecule has 10 heteroatoms. The number of halogens is 1. The van der Waals surface area contributed by atoms with E-state index in [2.05, 4.69) is 10.1 Å². The molecule has 1 aliphatic rings. The number of hydrogen-bond donors (Lipinski definition) is 1. The first-order valence-electron chi connectivity index (χ1n) is 11.1. The van der Waals surface area contributed by atoms with E-state index in [0.29, 0.717) is 37.9 Å². The van der Waals surface area contributed by atoms with Crippen LogP contribution in [0.15, 0.2) is 16.7 Å². The van der Waals surface area contributed by atoms with Crippen LogP contribution in [0.1, 0.15) is 68.8 Å². The second-order valence-corrected chi connectivity index (χ2v) is 9.06. The topological polar surface area (TPSA) is 121 Å². The van der Waals surface area contributed by atoms with Crippen molar-refractivity contribution in [2.45, 2.75) is 71.7 Å². The van der Waals surface area contributed by atoms with Crippen LogP contribution in [0.3, 0.4) is 0 Å². The molecular weight excluding hydrogens is 431 g/mol. The van der Waals surface area contributed by atoms with E-state index < -0.39 is 17.3 Å². The highest BCUT2D eigenvalue weighted by Gasteiger charge is 2.28. The summed E-state index contributed by atoms with van der Waals surface area (Å²) in [5, 5.41) is 3.87. The van der Waals surface area contributed by atoms with Gasteiger partial charge in [0.1, 0.15) is 18.0 Å². The summed E-state index contributed by atoms with van der Waals surface area (Å²) in [6.45, 7) is 8.54. The number of carbonyl (C=O) groups excluding carboxylic acids is 2. The molecule has 9 nitrogen and oxygen atoms in total. The van der Waals surface area contributed by atoms with Crippen LogP contribution in [-0.2, 0) is 22.5 Å². The van der Waals surface area contributed by atoms with E-state index >= 15 is 0 Å². The first-order valence-corrected chi connectivity index (χ1v) is 11.1. The molecule has 0 atom stereocenters. The number of nitrogens with zero attached hydrogens (tertiary/aromatic N) is 3. The fourth-order valence-electron chi connectivity index (χ4n) is 3.65. The Kier molecular flexibility index (Phi) is 7.68. The molecule has 0 unspecified atom stereocenters. The Bertz CT molecular complexity index is 993. The Labute approximate surface area is 192 Å². The standard InChI is InChI=1S/C23H31FN4O5/c1-5-6-14-7-8-16(18(19(14)24)20(25)29)21-26-17(33-27-21)13-31-15-9-11-28(12-10-15)22(30)32-23(2,3)4/h7-8,15H,5-6,9-13H2,1-4H3,(H2,25,29). The van der Waals surface area contributed by atoms with E-state index in [1.165, 1.54) is 0 Å². The van der Waals surface area contributed by atoms with Gasteiger partial charge >= 0.3 is 6.09 Å². The molecule has 33 heavy (non-hydrogen) atoms. The van der Waals surface area contributed by atoms with Crippen LogP contribution in [0.4, 0.5) is 9.18 Å². The van der Waals surface area contributed by atoms with Crippen molar-refractivity contribution in [3.05, 3.63) is 35.0 Å². The maximum atomic E-state index is 14.8. The number of piperidine rings is 1. The molecular formula is C23H31FN4O5. The summed E-state index contributed by atoms with van der Waals surface area (Å²) in [6, 6.07) is 3.18. The Morgan fingerprint density at radius 1 is 1.27 bits per heavy atom. The molecule has 1 aromatic carbocycles. The Hall–Kier alpha value is -3.01. The third-order valence-corrected chi connectivity index (χ3v) is 5.23. The highest BCUT2D eigenvalue weighted by molar-refractivity contribution is 5.99. The molecule has 0 spiro atoms. The Balaban J connectivity index is 1.60. The van der Waals surface area contributed by atoms with Gasteiger partial charge in [-0.2, -0.15) is 4.98 Å². The number of ether oxygens (including phenoxy) is 2. The molecule has 180 valence electrons. The molecule has 1 fully saturated rings. The minimum atomic E-state index is -0.889. The van der Waals surface area contributed by atoms with E-state index in [4.69, 9.17) is 19.7 Å². The maximum absolute atomic E-state index is 14.8. The third kappa shape index (κ3) is 6.28. The van der Waals surface area contributed by atoms with Crippen molar-refractivity contribution in [1.82, 2.24) is 15.0 Å². The lowest BCUT2D eigenvalue weighted by Crippen LogP contribution is -2.43. The predicted molar refractivity (Wildman–Crippen MR) is 118 cm³/mol. The van der Waals surface area contributed by atoms with Gasteiger partial charge in [-0.05, 0) is 51.7 Å². The molecule has 3 rings (SSSR count). The van der Waals surface area contributed by atoms with Crippen LogP contribution in [0.2, 0.25) is 0 Å². The van der Waals surface area contributed by atoms with Gasteiger partial charge in [-0.25, -0.2) is 9.18 Å². The average Bonchev–Trinajstić information content (AvgIpc) is 3.21. The minimum Gasteiger partial charge on any atom is -0.444 e. The summed E-state index contributed by atoms with van der Waals surface area (Å²) in [5.74, 6) is -1.27. The average molecular weight is 463 g/mol. The van der Waals surface area contributed by atoms with Crippen molar-refractivity contribution < 1.29 is 28.0 Å². The maximum Gasteiger partial charge on any atom is 0.410 e. The van der Waals surface area contributed by atoms with E-state index in [9.17, 15) is 14.0 Å². The van der Waals surface area contributed by atoms with E-state index in [-0.39, 0.29) is 41.6 Å². The number of rotatable bonds is 7. The zero-order valence-corrected chi connectivity index (χ0v) is 19.5. The Morgan fingerprint density at radius 2 is 1.97 bits per heavy atom. The number of nitrogens with two attached hydrogens (primary N) is 1. The van der Waals surface area contributed by atoms with Crippen LogP contribution in [0.25, 0.3) is 11.4 Å². The van der Waals surface area contributed by atoms with E-state index in [1.54, 1.807) is 17.0 Å². The largest absolute Gasteiger partial charge is 0.444 e. The number of aromatic nitrogens is 2. The monoisotopic (exact) mass is 462 g/mol. The number of primary amides is 1. The summed E-state index contributed by atoms with van der Waals surface area (Å²) < 4.78 is 31.3. The van der Waals surface area contributed by atoms with Gasteiger partial charge in [0.2, 0.25) is 5.82 Å². The van der Waals surface area contributed by atoms with Crippen molar-refractivity contribution in [2.75, 3.05) is 13.1 Å². The number of carbonyl (C=O) groups is 2. The van der Waals surface area contributed by atoms with Gasteiger partial charge in [-0.15, -0.1) is 0 Å². The molecule has 0 bridgehead atoms. The number of amides is 2. The highest BCUT2D eigenvalue weighted by Crippen LogP contribution is 2.27. The zero-order chi connectivity index (χ0) is 24.2. The fourth-order valence-corrected chi connectivity index (χ4v) is 3.65. The van der Waals surface area contributed by atoms with Gasteiger partial charge in [0.15, 0.2) is 0 Å². The summed E-state index contributed by atoms with van der Waals surface area (Å²) >= 11 is 0. The SMILES string of the molecule is CCCc1ccc(-c2noc(COC3CCN(C(=O)OC(C)(C)C)CC3)n2)c(C(N)=O)c1F. The second kappa shape index (κ2) is 10.3. The van der Waals surface area contributed by atoms with Crippen LogP contribution in [0, 0.1) is 5.82 Å². The molecule has 2 amide bonds. The highest BCUT2D eigenvalue weighted by atomic mass is 19.1. The normalized spacial score (nSPS) is 15.0. The third-order valence-electron chi connectivity index (χ3n) is 5.23. The van der Waals surface area contributed by atoms with Crippen LogP contribution < -0.4 is 5.73 Å². The minimum absolute atomic E-state index is 0.0619. The smallest absolute Gasteiger partial charge is 0.410 e. The van der Waals surface area contributed by atoms with Gasteiger partial charge in [0, 0.05) is 18.7 Å².